The summed E-state index contributed by atoms with van der Waals surface area (Å²) in [5.74, 6) is 2.25. The number of ether oxygens (including phenoxy) is 2. The van der Waals surface area contributed by atoms with Crippen LogP contribution >= 0.6 is 0 Å². The van der Waals surface area contributed by atoms with Crippen molar-refractivity contribution in [2.24, 2.45) is 0 Å². The van der Waals surface area contributed by atoms with Crippen LogP contribution in [0.5, 0.6) is 11.5 Å². The van der Waals surface area contributed by atoms with Crippen LogP contribution in [0.25, 0.3) is 22.8 Å². The summed E-state index contributed by atoms with van der Waals surface area (Å²) in [6.45, 7) is 6.06. The number of rotatable bonds is 6. The molecule has 0 aliphatic carbocycles. The Balaban J connectivity index is 1.93. The maximum Gasteiger partial charge on any atom is 0.258 e. The molecule has 1 aromatic heterocycles. The number of nitrogens with zero attached hydrogens (tertiary/aromatic N) is 2. The molecule has 0 aliphatic heterocycles. The number of methoxy groups -OCH3 is 1. The predicted molar refractivity (Wildman–Crippen MR) is 92.2 cm³/mol. The lowest BCUT2D eigenvalue weighted by Crippen LogP contribution is -1.96. The van der Waals surface area contributed by atoms with E-state index >= 15 is 0 Å². The van der Waals surface area contributed by atoms with E-state index in [1.165, 1.54) is 0 Å². The fourth-order valence-corrected chi connectivity index (χ4v) is 2.34. The molecule has 0 N–H and O–H groups in total. The van der Waals surface area contributed by atoms with E-state index in [0.717, 1.165) is 16.7 Å². The van der Waals surface area contributed by atoms with Crippen LogP contribution in [0.3, 0.4) is 0 Å². The van der Waals surface area contributed by atoms with Crippen LogP contribution in [-0.4, -0.2) is 23.9 Å². The lowest BCUT2D eigenvalue weighted by atomic mass is 10.1. The molecule has 5 heteroatoms. The van der Waals surface area contributed by atoms with E-state index in [1.807, 2.05) is 49.4 Å². The van der Waals surface area contributed by atoms with E-state index in [-0.39, 0.29) is 0 Å². The van der Waals surface area contributed by atoms with Gasteiger partial charge in [-0.1, -0.05) is 36.0 Å². The molecular weight excluding hydrogens is 304 g/mol. The van der Waals surface area contributed by atoms with Gasteiger partial charge in [0, 0.05) is 11.1 Å². The van der Waals surface area contributed by atoms with Crippen LogP contribution in [-0.2, 0) is 0 Å². The Morgan fingerprint density at radius 3 is 2.75 bits per heavy atom. The van der Waals surface area contributed by atoms with E-state index in [4.69, 9.17) is 14.0 Å². The van der Waals surface area contributed by atoms with Crippen molar-refractivity contribution in [1.29, 1.82) is 0 Å². The van der Waals surface area contributed by atoms with Crippen LogP contribution in [0.4, 0.5) is 0 Å². The van der Waals surface area contributed by atoms with Crippen LogP contribution in [0.2, 0.25) is 0 Å². The summed E-state index contributed by atoms with van der Waals surface area (Å²) in [6, 6.07) is 13.4. The average Bonchev–Trinajstić information content (AvgIpc) is 3.10. The largest absolute Gasteiger partial charge is 0.493 e. The summed E-state index contributed by atoms with van der Waals surface area (Å²) in [6.07, 6.45) is 1.68. The van der Waals surface area contributed by atoms with Gasteiger partial charge in [-0.15, -0.1) is 0 Å². The zero-order valence-electron chi connectivity index (χ0n) is 13.7. The molecule has 0 fully saturated rings. The van der Waals surface area contributed by atoms with Crippen molar-refractivity contribution in [2.75, 3.05) is 13.7 Å². The molecule has 0 saturated carbocycles. The molecule has 0 unspecified atom stereocenters. The molecule has 0 bridgehead atoms. The van der Waals surface area contributed by atoms with Crippen molar-refractivity contribution in [1.82, 2.24) is 10.1 Å². The van der Waals surface area contributed by atoms with Gasteiger partial charge in [0.1, 0.15) is 6.61 Å². The van der Waals surface area contributed by atoms with Gasteiger partial charge in [-0.2, -0.15) is 4.98 Å². The lowest BCUT2D eigenvalue weighted by molar-refractivity contribution is 0.326. The molecule has 1 heterocycles. The maximum atomic E-state index is 5.55. The highest BCUT2D eigenvalue weighted by atomic mass is 16.5. The third kappa shape index (κ3) is 3.15. The summed E-state index contributed by atoms with van der Waals surface area (Å²) in [5.41, 5.74) is 2.80. The summed E-state index contributed by atoms with van der Waals surface area (Å²) >= 11 is 0. The van der Waals surface area contributed by atoms with E-state index in [2.05, 4.69) is 16.7 Å². The van der Waals surface area contributed by atoms with Crippen molar-refractivity contribution >= 4 is 0 Å². The summed E-state index contributed by atoms with van der Waals surface area (Å²) in [4.78, 5) is 4.49. The zero-order chi connectivity index (χ0) is 16.9. The Labute approximate surface area is 140 Å². The summed E-state index contributed by atoms with van der Waals surface area (Å²) < 4.78 is 16.3. The lowest BCUT2D eigenvalue weighted by Gasteiger charge is -2.09. The Hall–Kier alpha value is -3.08. The first kappa shape index (κ1) is 15.8. The molecule has 0 saturated heterocycles. The quantitative estimate of drug-likeness (QED) is 0.634. The minimum absolute atomic E-state index is 0.412. The molecule has 0 spiro atoms. The van der Waals surface area contributed by atoms with Crippen LogP contribution in [0.1, 0.15) is 5.56 Å². The summed E-state index contributed by atoms with van der Waals surface area (Å²) in [7, 11) is 1.59. The van der Waals surface area contributed by atoms with Crippen molar-refractivity contribution in [3.8, 4) is 34.3 Å². The Morgan fingerprint density at radius 2 is 2.00 bits per heavy atom. The first-order valence-corrected chi connectivity index (χ1v) is 7.54. The van der Waals surface area contributed by atoms with Gasteiger partial charge >= 0.3 is 0 Å². The second-order valence-corrected chi connectivity index (χ2v) is 5.20. The third-order valence-corrected chi connectivity index (χ3v) is 3.58. The molecule has 0 atom stereocenters. The van der Waals surface area contributed by atoms with Gasteiger partial charge in [0.25, 0.3) is 5.89 Å². The molecule has 3 rings (SSSR count). The van der Waals surface area contributed by atoms with Crippen LogP contribution in [0.15, 0.2) is 59.6 Å². The highest BCUT2D eigenvalue weighted by molar-refractivity contribution is 5.64. The monoisotopic (exact) mass is 322 g/mol. The second kappa shape index (κ2) is 7.00. The van der Waals surface area contributed by atoms with Gasteiger partial charge in [-0.3, -0.25) is 0 Å². The van der Waals surface area contributed by atoms with Crippen molar-refractivity contribution < 1.29 is 14.0 Å². The second-order valence-electron chi connectivity index (χ2n) is 5.20. The Kier molecular flexibility index (Phi) is 4.61. The molecule has 0 radical (unpaired) electrons. The minimum atomic E-state index is 0.412. The van der Waals surface area contributed by atoms with E-state index in [0.29, 0.717) is 29.8 Å². The predicted octanol–water partition coefficient (Wildman–Crippen LogP) is 4.29. The van der Waals surface area contributed by atoms with Crippen molar-refractivity contribution in [3.63, 3.8) is 0 Å². The fraction of sp³-hybridized carbons (Fsp3) is 0.158. The van der Waals surface area contributed by atoms with Gasteiger partial charge in [0.15, 0.2) is 11.5 Å². The smallest absolute Gasteiger partial charge is 0.258 e. The van der Waals surface area contributed by atoms with Gasteiger partial charge in [-0.25, -0.2) is 0 Å². The van der Waals surface area contributed by atoms with Crippen molar-refractivity contribution in [2.45, 2.75) is 6.92 Å². The molecule has 3 aromatic rings. The Morgan fingerprint density at radius 1 is 1.17 bits per heavy atom. The topological polar surface area (TPSA) is 57.4 Å². The zero-order valence-corrected chi connectivity index (χ0v) is 13.7. The SMILES string of the molecule is C=CCOc1ccc(-c2noc(-c3ccccc3C)n2)cc1OC. The molecule has 122 valence electrons. The average molecular weight is 322 g/mol. The molecule has 24 heavy (non-hydrogen) atoms. The van der Waals surface area contributed by atoms with E-state index in [1.54, 1.807) is 13.2 Å². The van der Waals surface area contributed by atoms with Gasteiger partial charge in [0.05, 0.1) is 7.11 Å². The summed E-state index contributed by atoms with van der Waals surface area (Å²) in [5, 5.41) is 4.07. The molecule has 0 amide bonds. The standard InChI is InChI=1S/C19H18N2O3/c1-4-11-23-16-10-9-14(12-17(16)22-3)18-20-19(24-21-18)15-8-6-5-7-13(15)2/h4-10,12H,1,11H2,2-3H3. The van der Waals surface area contributed by atoms with Gasteiger partial charge < -0.3 is 14.0 Å². The molecule has 2 aromatic carbocycles. The number of aromatic nitrogens is 2. The van der Waals surface area contributed by atoms with Crippen molar-refractivity contribution in [3.05, 3.63) is 60.7 Å². The highest BCUT2D eigenvalue weighted by Gasteiger charge is 2.14. The van der Waals surface area contributed by atoms with E-state index in [9.17, 15) is 0 Å². The number of hydrogen-bond acceptors (Lipinski definition) is 5. The van der Waals surface area contributed by atoms with Gasteiger partial charge in [-0.05, 0) is 36.8 Å². The van der Waals surface area contributed by atoms with Crippen LogP contribution < -0.4 is 9.47 Å². The molecule has 5 nitrogen and oxygen atoms in total. The molecule has 0 aliphatic rings. The number of benzene rings is 2. The van der Waals surface area contributed by atoms with Crippen LogP contribution in [0, 0.1) is 6.92 Å². The normalized spacial score (nSPS) is 10.4. The highest BCUT2D eigenvalue weighted by Crippen LogP contribution is 2.32. The third-order valence-electron chi connectivity index (χ3n) is 3.58. The number of aryl methyl sites for hydroxylation is 1. The maximum absolute atomic E-state index is 5.55. The fourth-order valence-electron chi connectivity index (χ4n) is 2.34. The number of hydrogen-bond donors (Lipinski definition) is 0. The minimum Gasteiger partial charge on any atom is -0.493 e. The Bertz CT molecular complexity index is 855. The molecular formula is C19H18N2O3. The first-order chi connectivity index (χ1) is 11.7. The first-order valence-electron chi connectivity index (χ1n) is 7.54. The van der Waals surface area contributed by atoms with Gasteiger partial charge in [0.2, 0.25) is 5.82 Å². The van der Waals surface area contributed by atoms with E-state index < -0.39 is 0 Å².